The lowest BCUT2D eigenvalue weighted by Gasteiger charge is -2.39. The van der Waals surface area contributed by atoms with E-state index in [1.54, 1.807) is 4.90 Å². The monoisotopic (exact) mass is 492 g/mol. The van der Waals surface area contributed by atoms with Crippen molar-refractivity contribution in [1.29, 1.82) is 0 Å². The summed E-state index contributed by atoms with van der Waals surface area (Å²) in [6, 6.07) is 0.353. The molecule has 8 nitrogen and oxygen atoms in total. The van der Waals surface area contributed by atoms with E-state index in [4.69, 9.17) is 14.2 Å². The Morgan fingerprint density at radius 3 is 2.26 bits per heavy atom. The third kappa shape index (κ3) is 4.28. The fourth-order valence-electron chi connectivity index (χ4n) is 7.14. The van der Waals surface area contributed by atoms with Crippen molar-refractivity contribution < 1.29 is 28.6 Å². The molecule has 8 heteroatoms. The van der Waals surface area contributed by atoms with Crippen molar-refractivity contribution in [2.24, 2.45) is 17.8 Å². The molecule has 1 amide bonds. The Morgan fingerprint density at radius 2 is 1.71 bits per heavy atom. The minimum absolute atomic E-state index is 0.00746. The highest BCUT2D eigenvalue weighted by Crippen LogP contribution is 2.57. The van der Waals surface area contributed by atoms with Crippen LogP contribution in [-0.4, -0.2) is 82.8 Å². The molecule has 0 radical (unpaired) electrons. The summed E-state index contributed by atoms with van der Waals surface area (Å²) < 4.78 is 18.6. The van der Waals surface area contributed by atoms with Crippen molar-refractivity contribution in [1.82, 2.24) is 9.80 Å². The predicted octanol–water partition coefficient (Wildman–Crippen LogP) is 3.16. The summed E-state index contributed by atoms with van der Waals surface area (Å²) in [5.41, 5.74) is -0.923. The molecule has 4 fully saturated rings. The number of amides is 1. The first kappa shape index (κ1) is 26.4. The number of ether oxygens (including phenoxy) is 3. The molecule has 35 heavy (non-hydrogen) atoms. The van der Waals surface area contributed by atoms with Gasteiger partial charge in [0, 0.05) is 30.6 Å². The van der Waals surface area contributed by atoms with Gasteiger partial charge >= 0.3 is 11.9 Å². The number of carbonyl (C=O) groups excluding carboxylic acids is 3. The molecule has 1 aliphatic carbocycles. The minimum Gasteiger partial charge on any atom is -0.459 e. The van der Waals surface area contributed by atoms with Crippen LogP contribution in [0, 0.1) is 17.8 Å². The van der Waals surface area contributed by atoms with E-state index in [1.165, 1.54) is 0 Å². The van der Waals surface area contributed by atoms with Crippen molar-refractivity contribution >= 4 is 17.8 Å². The standard InChI is InChI=1S/C27H44N2O6/c1-9-27(12-10-11-13-27)35-25(32)19-21-18-20(26(6,7)28(8)24(18)31)23(34-21)22(19)33-17(30)14-29(15(2)3)16(4)5/h15-16,18-23H,9-14H2,1-8H3. The van der Waals surface area contributed by atoms with Crippen molar-refractivity contribution in [3.63, 3.8) is 0 Å². The summed E-state index contributed by atoms with van der Waals surface area (Å²) in [6.07, 6.45) is 2.63. The summed E-state index contributed by atoms with van der Waals surface area (Å²) >= 11 is 0. The molecule has 198 valence electrons. The van der Waals surface area contributed by atoms with Gasteiger partial charge in [-0.05, 0) is 73.6 Å². The first-order valence-electron chi connectivity index (χ1n) is 13.5. The van der Waals surface area contributed by atoms with Crippen LogP contribution in [-0.2, 0) is 28.6 Å². The van der Waals surface area contributed by atoms with Gasteiger partial charge in [0.15, 0.2) is 0 Å². The molecule has 2 bridgehead atoms. The van der Waals surface area contributed by atoms with Crippen molar-refractivity contribution in [3.8, 4) is 0 Å². The Balaban J connectivity index is 1.61. The molecule has 3 aliphatic heterocycles. The maximum Gasteiger partial charge on any atom is 0.320 e. The largest absolute Gasteiger partial charge is 0.459 e. The molecular formula is C27H44N2O6. The molecule has 6 unspecified atom stereocenters. The highest BCUT2D eigenvalue weighted by Gasteiger charge is 2.73. The molecule has 1 saturated carbocycles. The normalized spacial score (nSPS) is 34.8. The summed E-state index contributed by atoms with van der Waals surface area (Å²) in [6.45, 7) is 14.4. The van der Waals surface area contributed by atoms with E-state index < -0.39 is 41.3 Å². The van der Waals surface area contributed by atoms with Gasteiger partial charge in [0.1, 0.15) is 23.7 Å². The molecule has 0 aromatic heterocycles. The van der Waals surface area contributed by atoms with Gasteiger partial charge in [0.05, 0.1) is 18.6 Å². The van der Waals surface area contributed by atoms with E-state index >= 15 is 0 Å². The highest BCUT2D eigenvalue weighted by molar-refractivity contribution is 5.87. The topological polar surface area (TPSA) is 85.4 Å². The average Bonchev–Trinajstić information content (AvgIpc) is 3.52. The number of likely N-dealkylation sites (tertiary alicyclic amines) is 1. The SMILES string of the molecule is CCC1(OC(=O)C2C(OC(=O)CN(C(C)C)C(C)C)C3OC2C2C(=O)N(C)C(C)(C)C32)CCCC1. The van der Waals surface area contributed by atoms with Gasteiger partial charge in [-0.15, -0.1) is 0 Å². The van der Waals surface area contributed by atoms with Gasteiger partial charge < -0.3 is 19.1 Å². The molecule has 3 saturated heterocycles. The molecule has 4 aliphatic rings. The van der Waals surface area contributed by atoms with Crippen LogP contribution in [0.3, 0.4) is 0 Å². The third-order valence-corrected chi connectivity index (χ3v) is 9.39. The first-order valence-corrected chi connectivity index (χ1v) is 13.5. The van der Waals surface area contributed by atoms with Crippen LogP contribution >= 0.6 is 0 Å². The van der Waals surface area contributed by atoms with Gasteiger partial charge in [-0.2, -0.15) is 0 Å². The van der Waals surface area contributed by atoms with Crippen LogP contribution in [0.4, 0.5) is 0 Å². The maximum absolute atomic E-state index is 13.7. The average molecular weight is 493 g/mol. The van der Waals surface area contributed by atoms with E-state index in [0.29, 0.717) is 0 Å². The number of hydrogen-bond donors (Lipinski definition) is 0. The number of fused-ring (bicyclic) bond motifs is 5. The van der Waals surface area contributed by atoms with Gasteiger partial charge in [-0.25, -0.2) is 0 Å². The summed E-state index contributed by atoms with van der Waals surface area (Å²) in [5, 5.41) is 0. The lowest BCUT2D eigenvalue weighted by Crippen LogP contribution is -2.54. The van der Waals surface area contributed by atoms with Crippen LogP contribution in [0.15, 0.2) is 0 Å². The van der Waals surface area contributed by atoms with E-state index in [0.717, 1.165) is 32.1 Å². The van der Waals surface area contributed by atoms with Gasteiger partial charge in [-0.3, -0.25) is 19.3 Å². The molecule has 4 rings (SSSR count). The predicted molar refractivity (Wildman–Crippen MR) is 130 cm³/mol. The maximum atomic E-state index is 13.7. The first-order chi connectivity index (χ1) is 16.3. The second-order valence-electron chi connectivity index (χ2n) is 12.2. The molecule has 0 N–H and O–H groups in total. The zero-order chi connectivity index (χ0) is 25.9. The van der Waals surface area contributed by atoms with Gasteiger partial charge in [0.2, 0.25) is 5.91 Å². The van der Waals surface area contributed by atoms with Crippen LogP contribution in [0.5, 0.6) is 0 Å². The second-order valence-corrected chi connectivity index (χ2v) is 12.2. The summed E-state index contributed by atoms with van der Waals surface area (Å²) in [7, 11) is 1.81. The van der Waals surface area contributed by atoms with Gasteiger partial charge in [0.25, 0.3) is 0 Å². The molecule has 6 atom stereocenters. The minimum atomic E-state index is -0.785. The Bertz CT molecular complexity index is 841. The van der Waals surface area contributed by atoms with Crippen LogP contribution < -0.4 is 0 Å². The molecular weight excluding hydrogens is 448 g/mol. The van der Waals surface area contributed by atoms with Crippen LogP contribution in [0.1, 0.15) is 80.6 Å². The fourth-order valence-corrected chi connectivity index (χ4v) is 7.14. The Hall–Kier alpha value is -1.67. The zero-order valence-electron chi connectivity index (χ0n) is 22.7. The van der Waals surface area contributed by atoms with Crippen LogP contribution in [0.2, 0.25) is 0 Å². The molecule has 0 aromatic carbocycles. The number of nitrogens with zero attached hydrogens (tertiary/aromatic N) is 2. The number of carbonyl (C=O) groups is 3. The smallest absolute Gasteiger partial charge is 0.320 e. The zero-order valence-corrected chi connectivity index (χ0v) is 22.7. The molecule has 0 aromatic rings. The van der Waals surface area contributed by atoms with E-state index in [-0.39, 0.29) is 42.4 Å². The quantitative estimate of drug-likeness (QED) is 0.481. The molecule has 3 heterocycles. The van der Waals surface area contributed by atoms with Crippen molar-refractivity contribution in [2.45, 2.75) is 122 Å². The molecule has 0 spiro atoms. The fraction of sp³-hybridized carbons (Fsp3) is 0.889. The highest BCUT2D eigenvalue weighted by atomic mass is 16.6. The van der Waals surface area contributed by atoms with E-state index in [2.05, 4.69) is 4.90 Å². The van der Waals surface area contributed by atoms with Crippen molar-refractivity contribution in [2.75, 3.05) is 13.6 Å². The number of esters is 2. The lowest BCUT2D eigenvalue weighted by atomic mass is 9.68. The van der Waals surface area contributed by atoms with E-state index in [1.807, 2.05) is 55.5 Å². The summed E-state index contributed by atoms with van der Waals surface area (Å²) in [5.74, 6) is -2.12. The number of rotatable bonds is 8. The van der Waals surface area contributed by atoms with Crippen LogP contribution in [0.25, 0.3) is 0 Å². The van der Waals surface area contributed by atoms with Crippen molar-refractivity contribution in [3.05, 3.63) is 0 Å². The Morgan fingerprint density at radius 1 is 1.11 bits per heavy atom. The summed E-state index contributed by atoms with van der Waals surface area (Å²) in [4.78, 5) is 43.9. The third-order valence-electron chi connectivity index (χ3n) is 9.39. The van der Waals surface area contributed by atoms with E-state index in [9.17, 15) is 14.4 Å². The second kappa shape index (κ2) is 9.33. The number of hydrogen-bond acceptors (Lipinski definition) is 7. The lowest BCUT2D eigenvalue weighted by molar-refractivity contribution is -0.176. The Kier molecular flexibility index (Phi) is 7.03. The van der Waals surface area contributed by atoms with Gasteiger partial charge in [-0.1, -0.05) is 6.92 Å². The Labute approximate surface area is 210 Å².